The van der Waals surface area contributed by atoms with Crippen molar-refractivity contribution in [3.63, 3.8) is 0 Å². The van der Waals surface area contributed by atoms with Gasteiger partial charge in [-0.1, -0.05) is 27.7 Å². The van der Waals surface area contributed by atoms with Gasteiger partial charge in [-0.25, -0.2) is 4.57 Å². The number of hydrogen-bond donors (Lipinski definition) is 0. The van der Waals surface area contributed by atoms with Crippen molar-refractivity contribution in [2.45, 2.75) is 47.6 Å². The third kappa shape index (κ3) is 4.13. The molecule has 3 nitrogen and oxygen atoms in total. The van der Waals surface area contributed by atoms with Crippen LogP contribution in [0.5, 0.6) is 0 Å². The van der Waals surface area contributed by atoms with Gasteiger partial charge in [0, 0.05) is 25.1 Å². The average molecular weight is 251 g/mol. The van der Waals surface area contributed by atoms with Gasteiger partial charge in [0.1, 0.15) is 13.6 Å². The van der Waals surface area contributed by atoms with Gasteiger partial charge in [0.15, 0.2) is 6.20 Å². The van der Waals surface area contributed by atoms with E-state index in [2.05, 4.69) is 16.7 Å². The number of nitrogens with zero attached hydrogens (tertiary/aromatic N) is 2. The van der Waals surface area contributed by atoms with Crippen molar-refractivity contribution in [2.75, 3.05) is 6.54 Å². The molecule has 0 fully saturated rings. The van der Waals surface area contributed by atoms with E-state index in [1.54, 1.807) is 6.92 Å². The Morgan fingerprint density at radius 3 is 2.44 bits per heavy atom. The smallest absolute Gasteiger partial charge is 0.219 e. The van der Waals surface area contributed by atoms with Crippen LogP contribution in [0.2, 0.25) is 0 Å². The summed E-state index contributed by atoms with van der Waals surface area (Å²) >= 11 is 0. The number of carbonyl (C=O) groups excluding carboxylic acids is 1. The Labute approximate surface area is 111 Å². The lowest BCUT2D eigenvalue weighted by atomic mass is 10.0. The van der Waals surface area contributed by atoms with Crippen LogP contribution in [0.15, 0.2) is 18.3 Å². The normalized spacial score (nSPS) is 12.4. The van der Waals surface area contributed by atoms with E-state index < -0.39 is 0 Å². The first kappa shape index (κ1) is 16.6. The molecule has 3 heteroatoms. The zero-order valence-corrected chi connectivity index (χ0v) is 12.7. The molecule has 102 valence electrons. The van der Waals surface area contributed by atoms with Crippen LogP contribution in [-0.4, -0.2) is 17.4 Å². The van der Waals surface area contributed by atoms with E-state index in [9.17, 15) is 4.79 Å². The highest BCUT2D eigenvalue weighted by Crippen LogP contribution is 2.14. The van der Waals surface area contributed by atoms with E-state index in [-0.39, 0.29) is 5.91 Å². The number of carbonyl (C=O) groups is 1. The summed E-state index contributed by atoms with van der Waals surface area (Å²) < 4.78 is 2.10. The maximum absolute atomic E-state index is 11.2. The maximum atomic E-state index is 11.2. The highest BCUT2D eigenvalue weighted by Gasteiger charge is 2.23. The highest BCUT2D eigenvalue weighted by molar-refractivity contribution is 5.73. The number of amides is 1. The molecule has 0 saturated heterocycles. The minimum Gasteiger partial charge on any atom is -0.332 e. The van der Waals surface area contributed by atoms with E-state index in [1.165, 1.54) is 11.3 Å². The molecule has 1 aliphatic rings. The Kier molecular flexibility index (Phi) is 8.01. The van der Waals surface area contributed by atoms with Crippen LogP contribution < -0.4 is 4.57 Å². The molecule has 0 radical (unpaired) electrons. The molecule has 0 spiro atoms. The molecule has 0 bridgehead atoms. The second-order valence-corrected chi connectivity index (χ2v) is 3.78. The Hall–Kier alpha value is -1.38. The summed E-state index contributed by atoms with van der Waals surface area (Å²) in [4.78, 5) is 13.1. The second kappa shape index (κ2) is 8.67. The van der Waals surface area contributed by atoms with Crippen LogP contribution in [0.1, 0.15) is 45.9 Å². The zero-order chi connectivity index (χ0) is 14.1. The number of hydrogen-bond acceptors (Lipinski definition) is 1. The number of aromatic nitrogens is 1. The molecule has 1 amide bonds. The second-order valence-electron chi connectivity index (χ2n) is 3.78. The first-order valence-electron chi connectivity index (χ1n) is 6.90. The monoisotopic (exact) mass is 251 g/mol. The van der Waals surface area contributed by atoms with Crippen LogP contribution in [0, 0.1) is 0 Å². The number of pyridine rings is 1. The minimum atomic E-state index is 0.166. The quantitative estimate of drug-likeness (QED) is 0.650. The summed E-state index contributed by atoms with van der Waals surface area (Å²) in [5, 5.41) is 0. The molecule has 1 aromatic rings. The molecular weight excluding hydrogens is 224 g/mol. The zero-order valence-electron chi connectivity index (χ0n) is 12.7. The Morgan fingerprint density at radius 2 is 1.89 bits per heavy atom. The van der Waals surface area contributed by atoms with Gasteiger partial charge in [0.25, 0.3) is 0 Å². The Bertz CT molecular complexity index is 375. The summed E-state index contributed by atoms with van der Waals surface area (Å²) in [6.07, 6.45) is 3.01. The molecule has 2 heterocycles. The molecule has 0 aromatic carbocycles. The van der Waals surface area contributed by atoms with Gasteiger partial charge >= 0.3 is 0 Å². The Balaban J connectivity index is 0.000000659. The third-order valence-corrected chi connectivity index (χ3v) is 2.84. The van der Waals surface area contributed by atoms with Gasteiger partial charge in [-0.3, -0.25) is 4.79 Å². The van der Waals surface area contributed by atoms with Crippen LogP contribution in [0.4, 0.5) is 0 Å². The molecule has 1 aromatic heterocycles. The van der Waals surface area contributed by atoms with Gasteiger partial charge in [-0.05, 0) is 12.5 Å². The fourth-order valence-corrected chi connectivity index (χ4v) is 1.93. The molecule has 0 unspecified atom stereocenters. The average Bonchev–Trinajstić information content (AvgIpc) is 2.43. The summed E-state index contributed by atoms with van der Waals surface area (Å²) in [5.41, 5.74) is 2.63. The van der Waals surface area contributed by atoms with Gasteiger partial charge in [0.2, 0.25) is 11.6 Å². The largest absolute Gasteiger partial charge is 0.332 e. The molecular formula is C15H27N2O+. The van der Waals surface area contributed by atoms with Gasteiger partial charge in [0.05, 0.1) is 0 Å². The maximum Gasteiger partial charge on any atom is 0.219 e. The van der Waals surface area contributed by atoms with Crippen molar-refractivity contribution in [1.82, 2.24) is 4.90 Å². The van der Waals surface area contributed by atoms with E-state index in [1.807, 2.05) is 45.8 Å². The summed E-state index contributed by atoms with van der Waals surface area (Å²) in [6, 6.07) is 4.20. The first-order chi connectivity index (χ1) is 8.68. The minimum absolute atomic E-state index is 0.166. The highest BCUT2D eigenvalue weighted by atomic mass is 16.2. The molecule has 1 aliphatic heterocycles. The molecule has 2 rings (SSSR count). The van der Waals surface area contributed by atoms with Gasteiger partial charge in [-0.15, -0.1) is 0 Å². The topological polar surface area (TPSA) is 24.2 Å². The van der Waals surface area contributed by atoms with Crippen molar-refractivity contribution in [3.05, 3.63) is 29.6 Å². The van der Waals surface area contributed by atoms with Crippen LogP contribution >= 0.6 is 0 Å². The van der Waals surface area contributed by atoms with Crippen molar-refractivity contribution >= 4 is 5.91 Å². The van der Waals surface area contributed by atoms with E-state index in [0.717, 1.165) is 19.5 Å². The number of rotatable bonds is 0. The summed E-state index contributed by atoms with van der Waals surface area (Å²) in [5.74, 6) is 0.166. The van der Waals surface area contributed by atoms with Crippen LogP contribution in [-0.2, 0) is 24.8 Å². The molecule has 0 saturated carbocycles. The lowest BCUT2D eigenvalue weighted by molar-refractivity contribution is -0.680. The van der Waals surface area contributed by atoms with E-state index in [0.29, 0.717) is 0 Å². The number of aryl methyl sites for hydroxylation is 1. The predicted octanol–water partition coefficient (Wildman–Crippen LogP) is 2.47. The summed E-state index contributed by atoms with van der Waals surface area (Å²) in [6.45, 7) is 11.2. The number of fused-ring (bicyclic) bond motifs is 1. The summed E-state index contributed by atoms with van der Waals surface area (Å²) in [7, 11) is 2.03. The molecule has 0 aliphatic carbocycles. The van der Waals surface area contributed by atoms with E-state index in [4.69, 9.17) is 0 Å². The van der Waals surface area contributed by atoms with Crippen molar-refractivity contribution in [2.24, 2.45) is 7.05 Å². The fourth-order valence-electron chi connectivity index (χ4n) is 1.93. The Morgan fingerprint density at radius 1 is 1.28 bits per heavy atom. The van der Waals surface area contributed by atoms with Crippen molar-refractivity contribution in [1.29, 1.82) is 0 Å². The fraction of sp³-hybridized carbons (Fsp3) is 0.600. The van der Waals surface area contributed by atoms with Crippen molar-refractivity contribution < 1.29 is 9.36 Å². The SMILES string of the molecule is CC.CC.CC(=O)N1CCc2ccc[n+](C)c2C1. The predicted molar refractivity (Wildman–Crippen MR) is 75.1 cm³/mol. The van der Waals surface area contributed by atoms with Gasteiger partial charge in [-0.2, -0.15) is 0 Å². The lowest BCUT2D eigenvalue weighted by Gasteiger charge is -2.25. The van der Waals surface area contributed by atoms with Crippen molar-refractivity contribution in [3.8, 4) is 0 Å². The van der Waals surface area contributed by atoms with E-state index >= 15 is 0 Å². The third-order valence-electron chi connectivity index (χ3n) is 2.84. The van der Waals surface area contributed by atoms with Crippen LogP contribution in [0.3, 0.4) is 0 Å². The van der Waals surface area contributed by atoms with Crippen LogP contribution in [0.25, 0.3) is 0 Å². The lowest BCUT2D eigenvalue weighted by Crippen LogP contribution is -2.43. The molecule has 0 N–H and O–H groups in total. The molecule has 0 atom stereocenters. The first-order valence-corrected chi connectivity index (χ1v) is 6.90. The standard InChI is InChI=1S/C11H15N2O.2C2H6/c1-9(14)13-7-5-10-4-3-6-12(2)11(10)8-13;2*1-2/h3-4,6H,5,7-8H2,1-2H3;2*1-2H3/q+1;;. The van der Waals surface area contributed by atoms with Gasteiger partial charge < -0.3 is 4.90 Å². The molecule has 18 heavy (non-hydrogen) atoms.